The summed E-state index contributed by atoms with van der Waals surface area (Å²) >= 11 is 1.56. The molecule has 0 amide bonds. The zero-order chi connectivity index (χ0) is 18.4. The van der Waals surface area contributed by atoms with Crippen LogP contribution in [0.1, 0.15) is 18.5 Å². The number of nitrogens with zero attached hydrogens (tertiary/aromatic N) is 2. The fraction of sp³-hybridized carbons (Fsp3) is 0.238. The highest BCUT2D eigenvalue weighted by molar-refractivity contribution is 7.99. The Morgan fingerprint density at radius 1 is 1.15 bits per heavy atom. The van der Waals surface area contributed by atoms with Crippen LogP contribution in [-0.4, -0.2) is 29.0 Å². The lowest BCUT2D eigenvalue weighted by Gasteiger charge is -2.18. The van der Waals surface area contributed by atoms with Gasteiger partial charge >= 0.3 is 0 Å². The van der Waals surface area contributed by atoms with Gasteiger partial charge in [-0.05, 0) is 24.6 Å². The number of aromatic nitrogens is 2. The predicted octanol–water partition coefficient (Wildman–Crippen LogP) is 4.41. The molecule has 1 heterocycles. The maximum Gasteiger partial charge on any atom is 0.262 e. The Kier molecular flexibility index (Phi) is 6.26. The lowest BCUT2D eigenvalue weighted by atomic mass is 10.2. The summed E-state index contributed by atoms with van der Waals surface area (Å²) < 4.78 is 7.00. The molecule has 0 N–H and O–H groups in total. The minimum Gasteiger partial charge on any atom is -0.383 e. The summed E-state index contributed by atoms with van der Waals surface area (Å²) in [6.07, 6.45) is 4.17. The van der Waals surface area contributed by atoms with E-state index in [0.29, 0.717) is 12.0 Å². The van der Waals surface area contributed by atoms with Crippen LogP contribution < -0.4 is 5.56 Å². The normalized spacial score (nSPS) is 12.7. The van der Waals surface area contributed by atoms with Crippen molar-refractivity contribution in [3.63, 3.8) is 0 Å². The van der Waals surface area contributed by atoms with Crippen LogP contribution in [0.4, 0.5) is 0 Å². The van der Waals surface area contributed by atoms with E-state index >= 15 is 0 Å². The monoisotopic (exact) mass is 366 g/mol. The van der Waals surface area contributed by atoms with E-state index in [1.807, 2.05) is 49.4 Å². The summed E-state index contributed by atoms with van der Waals surface area (Å²) in [6.45, 7) is 2.44. The summed E-state index contributed by atoms with van der Waals surface area (Å²) in [5.74, 6) is 0.735. The van der Waals surface area contributed by atoms with Gasteiger partial charge in [-0.2, -0.15) is 0 Å². The molecule has 1 aromatic heterocycles. The van der Waals surface area contributed by atoms with Crippen molar-refractivity contribution in [1.29, 1.82) is 0 Å². The van der Waals surface area contributed by atoms with Crippen LogP contribution in [0.3, 0.4) is 0 Å². The number of hydrogen-bond donors (Lipinski definition) is 0. The third-order valence-corrected chi connectivity index (χ3v) is 4.95. The highest BCUT2D eigenvalue weighted by Crippen LogP contribution is 2.21. The Bertz CT molecular complexity index is 951. The quantitative estimate of drug-likeness (QED) is 0.459. The van der Waals surface area contributed by atoms with E-state index in [-0.39, 0.29) is 11.6 Å². The van der Waals surface area contributed by atoms with Crippen molar-refractivity contribution in [2.75, 3.05) is 19.5 Å². The van der Waals surface area contributed by atoms with Gasteiger partial charge in [0, 0.05) is 12.9 Å². The van der Waals surface area contributed by atoms with Gasteiger partial charge in [0.05, 0.1) is 23.6 Å². The fourth-order valence-electron chi connectivity index (χ4n) is 2.80. The SMILES string of the molecule is COC[C@H](C)n1c(SC/C=C/c2ccccc2)nc2ccccc2c1=O. The molecule has 0 aliphatic rings. The van der Waals surface area contributed by atoms with Crippen LogP contribution in [0.5, 0.6) is 0 Å². The molecule has 0 radical (unpaired) electrons. The first-order valence-corrected chi connectivity index (χ1v) is 9.54. The molecule has 1 atom stereocenters. The van der Waals surface area contributed by atoms with Gasteiger partial charge in [-0.1, -0.05) is 66.4 Å². The average molecular weight is 366 g/mol. The number of rotatable bonds is 7. The first kappa shape index (κ1) is 18.4. The molecule has 26 heavy (non-hydrogen) atoms. The second-order valence-corrected chi connectivity index (χ2v) is 7.00. The molecule has 5 heteroatoms. The lowest BCUT2D eigenvalue weighted by Crippen LogP contribution is -2.28. The molecule has 0 spiro atoms. The van der Waals surface area contributed by atoms with E-state index < -0.39 is 0 Å². The Morgan fingerprint density at radius 2 is 1.88 bits per heavy atom. The summed E-state index contributed by atoms with van der Waals surface area (Å²) in [4.78, 5) is 17.7. The molecular weight excluding hydrogens is 344 g/mol. The number of thioether (sulfide) groups is 1. The highest BCUT2D eigenvalue weighted by atomic mass is 32.2. The van der Waals surface area contributed by atoms with Gasteiger partial charge in [0.15, 0.2) is 5.16 Å². The molecule has 4 nitrogen and oxygen atoms in total. The van der Waals surface area contributed by atoms with Crippen molar-refractivity contribution in [3.05, 3.63) is 76.6 Å². The molecule has 0 saturated carbocycles. The molecule has 3 rings (SSSR count). The van der Waals surface area contributed by atoms with Crippen molar-refractivity contribution in [3.8, 4) is 0 Å². The van der Waals surface area contributed by atoms with Gasteiger partial charge in [0.1, 0.15) is 0 Å². The standard InChI is InChI=1S/C21H22N2O2S/c1-16(15-25-2)23-20(24)18-12-6-7-13-19(18)22-21(23)26-14-8-11-17-9-4-3-5-10-17/h3-13,16H,14-15H2,1-2H3/b11-8+/t16-/m0/s1. The zero-order valence-electron chi connectivity index (χ0n) is 15.0. The van der Waals surface area contributed by atoms with Gasteiger partial charge in [-0.3, -0.25) is 9.36 Å². The third-order valence-electron chi connectivity index (χ3n) is 4.04. The van der Waals surface area contributed by atoms with Gasteiger partial charge in [0.25, 0.3) is 5.56 Å². The molecule has 0 saturated heterocycles. The number of fused-ring (bicyclic) bond motifs is 1. The number of hydrogen-bond acceptors (Lipinski definition) is 4. The second kappa shape index (κ2) is 8.83. The minimum atomic E-state index is -0.0785. The van der Waals surface area contributed by atoms with Crippen LogP contribution in [0, 0.1) is 0 Å². The largest absolute Gasteiger partial charge is 0.383 e. The van der Waals surface area contributed by atoms with Crippen molar-refractivity contribution < 1.29 is 4.74 Å². The first-order valence-electron chi connectivity index (χ1n) is 8.55. The topological polar surface area (TPSA) is 44.1 Å². The fourth-order valence-corrected chi connectivity index (χ4v) is 3.71. The Labute approximate surface area is 157 Å². The maximum atomic E-state index is 13.0. The van der Waals surface area contributed by atoms with Crippen molar-refractivity contribution >= 4 is 28.7 Å². The van der Waals surface area contributed by atoms with Gasteiger partial charge < -0.3 is 4.74 Å². The van der Waals surface area contributed by atoms with Gasteiger partial charge in [-0.15, -0.1) is 0 Å². The van der Waals surface area contributed by atoms with E-state index in [1.54, 1.807) is 23.4 Å². The van der Waals surface area contributed by atoms with E-state index in [4.69, 9.17) is 9.72 Å². The average Bonchev–Trinajstić information content (AvgIpc) is 2.66. The number of ether oxygens (including phenoxy) is 1. The van der Waals surface area contributed by atoms with Crippen molar-refractivity contribution in [1.82, 2.24) is 9.55 Å². The third kappa shape index (κ3) is 4.23. The summed E-state index contributed by atoms with van der Waals surface area (Å²) in [6, 6.07) is 17.6. The molecule has 134 valence electrons. The van der Waals surface area contributed by atoms with E-state index in [2.05, 4.69) is 24.3 Å². The number of benzene rings is 2. The summed E-state index contributed by atoms with van der Waals surface area (Å²) in [7, 11) is 1.64. The molecule has 3 aromatic rings. The van der Waals surface area contributed by atoms with Crippen LogP contribution in [0.25, 0.3) is 17.0 Å². The van der Waals surface area contributed by atoms with Crippen LogP contribution in [-0.2, 0) is 4.74 Å². The lowest BCUT2D eigenvalue weighted by molar-refractivity contribution is 0.156. The van der Waals surface area contributed by atoms with Crippen LogP contribution in [0.15, 0.2) is 70.6 Å². The van der Waals surface area contributed by atoms with Crippen molar-refractivity contribution in [2.24, 2.45) is 0 Å². The molecule has 0 aliphatic heterocycles. The van der Waals surface area contributed by atoms with Gasteiger partial charge in [-0.25, -0.2) is 4.98 Å². The number of methoxy groups -OCH3 is 1. The van der Waals surface area contributed by atoms with E-state index in [9.17, 15) is 4.79 Å². The minimum absolute atomic E-state index is 0.0188. The van der Waals surface area contributed by atoms with E-state index in [1.165, 1.54) is 0 Å². The van der Waals surface area contributed by atoms with Gasteiger partial charge in [0.2, 0.25) is 0 Å². The molecule has 0 bridgehead atoms. The predicted molar refractivity (Wildman–Crippen MR) is 109 cm³/mol. The van der Waals surface area contributed by atoms with Crippen LogP contribution >= 0.6 is 11.8 Å². The molecule has 2 aromatic carbocycles. The molecular formula is C21H22N2O2S. The zero-order valence-corrected chi connectivity index (χ0v) is 15.8. The summed E-state index contributed by atoms with van der Waals surface area (Å²) in [5.41, 5.74) is 1.87. The molecule has 0 fully saturated rings. The molecule has 0 unspecified atom stereocenters. The molecule has 0 aliphatic carbocycles. The second-order valence-electron chi connectivity index (χ2n) is 6.02. The van der Waals surface area contributed by atoms with Crippen molar-refractivity contribution in [2.45, 2.75) is 18.1 Å². The van der Waals surface area contributed by atoms with E-state index in [0.717, 1.165) is 22.0 Å². The highest BCUT2D eigenvalue weighted by Gasteiger charge is 2.16. The Hall–Kier alpha value is -2.37. The van der Waals surface area contributed by atoms with Crippen LogP contribution in [0.2, 0.25) is 0 Å². The first-order chi connectivity index (χ1) is 12.7. The Balaban J connectivity index is 1.89. The maximum absolute atomic E-state index is 13.0. The smallest absolute Gasteiger partial charge is 0.262 e. The summed E-state index contributed by atoms with van der Waals surface area (Å²) in [5, 5.41) is 1.36. The Morgan fingerprint density at radius 3 is 2.65 bits per heavy atom. The number of para-hydroxylation sites is 1.